The monoisotopic (exact) mass is 368 g/mol. The van der Waals surface area contributed by atoms with Crippen molar-refractivity contribution in [3.05, 3.63) is 0 Å². The van der Waals surface area contributed by atoms with Crippen molar-refractivity contribution in [1.29, 1.82) is 0 Å². The van der Waals surface area contributed by atoms with Crippen molar-refractivity contribution in [2.75, 3.05) is 0 Å². The first-order chi connectivity index (χ1) is 12.4. The zero-order valence-corrected chi connectivity index (χ0v) is 17.6. The molecular weight excluding hydrogens is 328 g/mol. The van der Waals surface area contributed by atoms with E-state index < -0.39 is 11.6 Å². The molecule has 152 valence electrons. The number of hydrogen-bond acceptors (Lipinski definition) is 4. The van der Waals surface area contributed by atoms with Crippen LogP contribution in [0.2, 0.25) is 0 Å². The van der Waals surface area contributed by atoms with Gasteiger partial charge in [0.1, 0.15) is 0 Å². The molecule has 2 aliphatic rings. The summed E-state index contributed by atoms with van der Waals surface area (Å²) in [5, 5.41) is 0. The summed E-state index contributed by atoms with van der Waals surface area (Å²) in [4.78, 5) is 22.6. The van der Waals surface area contributed by atoms with E-state index in [0.717, 1.165) is 25.7 Å². The molecule has 4 heteroatoms. The minimum absolute atomic E-state index is 0.119. The highest BCUT2D eigenvalue weighted by molar-refractivity contribution is 5.80. The highest BCUT2D eigenvalue weighted by Gasteiger charge is 2.65. The average molecular weight is 369 g/mol. The van der Waals surface area contributed by atoms with Crippen LogP contribution in [-0.2, 0) is 19.1 Å². The Morgan fingerprint density at radius 1 is 1.08 bits per heavy atom. The normalized spacial score (nSPS) is 32.0. The van der Waals surface area contributed by atoms with E-state index in [1.54, 1.807) is 0 Å². The molecule has 0 amide bonds. The summed E-state index contributed by atoms with van der Waals surface area (Å²) in [7, 11) is 0. The standard InChI is InChI=1S/C19H32O4.C3H8/c1-4-5-6-7-8-9-10-11-19-13-12-18(3,23-19)16(15(19)2)17(21)22-14-20;1-3-2/h14-16H,4-13H2,1-3H3;3H2,1-2H3. The van der Waals surface area contributed by atoms with E-state index in [2.05, 4.69) is 32.4 Å². The lowest BCUT2D eigenvalue weighted by Gasteiger charge is -2.34. The lowest BCUT2D eigenvalue weighted by molar-refractivity contribution is -0.159. The summed E-state index contributed by atoms with van der Waals surface area (Å²) in [5.74, 6) is -0.615. The molecule has 2 saturated heterocycles. The van der Waals surface area contributed by atoms with E-state index in [9.17, 15) is 9.59 Å². The van der Waals surface area contributed by atoms with Crippen molar-refractivity contribution < 1.29 is 19.1 Å². The molecule has 0 aromatic rings. The number of ether oxygens (including phenoxy) is 2. The van der Waals surface area contributed by atoms with E-state index in [1.807, 2.05) is 6.92 Å². The zero-order chi connectivity index (χ0) is 19.6. The zero-order valence-electron chi connectivity index (χ0n) is 17.6. The van der Waals surface area contributed by atoms with E-state index in [-0.39, 0.29) is 23.9 Å². The molecule has 2 heterocycles. The second kappa shape index (κ2) is 11.1. The van der Waals surface area contributed by atoms with Crippen LogP contribution >= 0.6 is 0 Å². The van der Waals surface area contributed by atoms with E-state index in [0.29, 0.717) is 0 Å². The SMILES string of the molecule is CCC.CCCCCCCCCC12CCC(C)(O1)C(C(=O)OC=O)C2C. The Morgan fingerprint density at radius 3 is 2.23 bits per heavy atom. The van der Waals surface area contributed by atoms with Crippen LogP contribution in [-0.4, -0.2) is 23.6 Å². The van der Waals surface area contributed by atoms with Gasteiger partial charge in [-0.2, -0.15) is 0 Å². The lowest BCUT2D eigenvalue weighted by atomic mass is 9.66. The third-order valence-corrected chi connectivity index (χ3v) is 6.09. The molecule has 0 N–H and O–H groups in total. The largest absolute Gasteiger partial charge is 0.395 e. The number of unbranched alkanes of at least 4 members (excludes halogenated alkanes) is 6. The molecule has 2 fully saturated rings. The maximum absolute atomic E-state index is 12.1. The van der Waals surface area contributed by atoms with Crippen molar-refractivity contribution in [2.45, 2.75) is 116 Å². The van der Waals surface area contributed by atoms with Crippen LogP contribution < -0.4 is 0 Å². The van der Waals surface area contributed by atoms with Gasteiger partial charge >= 0.3 is 12.4 Å². The Balaban J connectivity index is 0.00000105. The molecule has 26 heavy (non-hydrogen) atoms. The maximum Gasteiger partial charge on any atom is 0.319 e. The third kappa shape index (κ3) is 5.55. The molecule has 0 aliphatic carbocycles. The fraction of sp³-hybridized carbons (Fsp3) is 0.909. The van der Waals surface area contributed by atoms with Gasteiger partial charge in [-0.3, -0.25) is 9.59 Å². The Kier molecular flexibility index (Phi) is 9.84. The fourth-order valence-electron chi connectivity index (χ4n) is 4.76. The number of hydrogen-bond donors (Lipinski definition) is 0. The summed E-state index contributed by atoms with van der Waals surface area (Å²) in [6.07, 6.45) is 13.1. The smallest absolute Gasteiger partial charge is 0.319 e. The predicted molar refractivity (Wildman–Crippen MR) is 105 cm³/mol. The van der Waals surface area contributed by atoms with Gasteiger partial charge in [0.25, 0.3) is 0 Å². The Labute approximate surface area is 160 Å². The van der Waals surface area contributed by atoms with E-state index >= 15 is 0 Å². The molecule has 4 atom stereocenters. The maximum atomic E-state index is 12.1. The van der Waals surface area contributed by atoms with Crippen LogP contribution in [0.25, 0.3) is 0 Å². The highest BCUT2D eigenvalue weighted by Crippen LogP contribution is 2.59. The number of carbonyl (C=O) groups excluding carboxylic acids is 2. The molecule has 4 unspecified atom stereocenters. The first-order valence-electron chi connectivity index (χ1n) is 10.7. The molecule has 0 aromatic heterocycles. The highest BCUT2D eigenvalue weighted by atomic mass is 16.6. The Morgan fingerprint density at radius 2 is 1.65 bits per heavy atom. The summed E-state index contributed by atoms with van der Waals surface area (Å²) in [6, 6.07) is 0. The van der Waals surface area contributed by atoms with Crippen molar-refractivity contribution in [1.82, 2.24) is 0 Å². The summed E-state index contributed by atoms with van der Waals surface area (Å²) < 4.78 is 11.0. The summed E-state index contributed by atoms with van der Waals surface area (Å²) in [6.45, 7) is 10.8. The first-order valence-corrected chi connectivity index (χ1v) is 10.7. The van der Waals surface area contributed by atoms with Crippen LogP contribution in [0.1, 0.15) is 105 Å². The lowest BCUT2D eigenvalue weighted by Crippen LogP contribution is -2.43. The summed E-state index contributed by atoms with van der Waals surface area (Å²) in [5.41, 5.74) is -0.647. The van der Waals surface area contributed by atoms with Gasteiger partial charge in [-0.25, -0.2) is 0 Å². The molecule has 2 rings (SSSR count). The van der Waals surface area contributed by atoms with Gasteiger partial charge in [0, 0.05) is 5.92 Å². The van der Waals surface area contributed by atoms with Gasteiger partial charge in [0.05, 0.1) is 17.1 Å². The first kappa shape index (κ1) is 23.1. The van der Waals surface area contributed by atoms with Gasteiger partial charge in [0.15, 0.2) is 0 Å². The number of fused-ring (bicyclic) bond motifs is 2. The number of rotatable bonds is 10. The van der Waals surface area contributed by atoms with Crippen LogP contribution in [0.4, 0.5) is 0 Å². The second-order valence-corrected chi connectivity index (χ2v) is 8.36. The molecule has 2 aliphatic heterocycles. The third-order valence-electron chi connectivity index (χ3n) is 6.09. The minimum Gasteiger partial charge on any atom is -0.395 e. The van der Waals surface area contributed by atoms with Gasteiger partial charge in [-0.1, -0.05) is 79.1 Å². The molecule has 2 bridgehead atoms. The second-order valence-electron chi connectivity index (χ2n) is 8.36. The molecule has 4 nitrogen and oxygen atoms in total. The van der Waals surface area contributed by atoms with Gasteiger partial charge in [-0.05, 0) is 26.2 Å². The van der Waals surface area contributed by atoms with Crippen LogP contribution in [0.3, 0.4) is 0 Å². The van der Waals surface area contributed by atoms with Crippen molar-refractivity contribution in [3.8, 4) is 0 Å². The van der Waals surface area contributed by atoms with Crippen molar-refractivity contribution in [2.24, 2.45) is 11.8 Å². The van der Waals surface area contributed by atoms with Gasteiger partial charge < -0.3 is 9.47 Å². The molecule has 0 spiro atoms. The number of esters is 1. The predicted octanol–water partition coefficient (Wildman–Crippen LogP) is 5.82. The topological polar surface area (TPSA) is 52.6 Å². The van der Waals surface area contributed by atoms with Crippen LogP contribution in [0, 0.1) is 11.8 Å². The van der Waals surface area contributed by atoms with E-state index in [4.69, 9.17) is 4.74 Å². The van der Waals surface area contributed by atoms with Crippen LogP contribution in [0.5, 0.6) is 0 Å². The molecule has 0 radical (unpaired) electrons. The van der Waals surface area contributed by atoms with Gasteiger partial charge in [0.2, 0.25) is 0 Å². The Hall–Kier alpha value is -0.900. The minimum atomic E-state index is -0.458. The van der Waals surface area contributed by atoms with Gasteiger partial charge in [-0.15, -0.1) is 0 Å². The average Bonchev–Trinajstić information content (AvgIpc) is 3.04. The number of carbonyl (C=O) groups is 2. The summed E-state index contributed by atoms with van der Waals surface area (Å²) >= 11 is 0. The molecule has 0 saturated carbocycles. The van der Waals surface area contributed by atoms with Crippen molar-refractivity contribution in [3.63, 3.8) is 0 Å². The van der Waals surface area contributed by atoms with E-state index in [1.165, 1.54) is 44.9 Å². The quantitative estimate of drug-likeness (QED) is 0.211. The van der Waals surface area contributed by atoms with Crippen molar-refractivity contribution >= 4 is 12.4 Å². The van der Waals surface area contributed by atoms with Crippen LogP contribution in [0.15, 0.2) is 0 Å². The fourth-order valence-corrected chi connectivity index (χ4v) is 4.76. The molecular formula is C22H40O4. The molecule has 0 aromatic carbocycles. The Bertz CT molecular complexity index is 436.